The van der Waals surface area contributed by atoms with Crippen LogP contribution in [0.5, 0.6) is 0 Å². The third-order valence-electron chi connectivity index (χ3n) is 3.81. The minimum atomic E-state index is -0.921. The zero-order chi connectivity index (χ0) is 13.2. The highest BCUT2D eigenvalue weighted by Crippen LogP contribution is 2.34. The van der Waals surface area contributed by atoms with E-state index in [1.807, 2.05) is 42.2 Å². The van der Waals surface area contributed by atoms with Crippen molar-refractivity contribution in [1.29, 1.82) is 0 Å². The van der Waals surface area contributed by atoms with E-state index in [0.717, 1.165) is 5.56 Å². The van der Waals surface area contributed by atoms with Crippen LogP contribution in [0.4, 0.5) is 0 Å². The molecule has 0 aliphatic carbocycles. The summed E-state index contributed by atoms with van der Waals surface area (Å²) in [7, 11) is 0. The lowest BCUT2D eigenvalue weighted by atomic mass is 9.92. The van der Waals surface area contributed by atoms with Crippen LogP contribution in [-0.4, -0.2) is 39.3 Å². The SMILES string of the molecule is CC[C@]1(C(=O)O)C[C@@H](O)CN1Cc1ccccc1. The maximum absolute atomic E-state index is 11.5. The van der Waals surface area contributed by atoms with Crippen molar-refractivity contribution >= 4 is 5.97 Å². The number of nitrogens with zero attached hydrogens (tertiary/aromatic N) is 1. The predicted octanol–water partition coefficient (Wildman–Crippen LogP) is 1.49. The van der Waals surface area contributed by atoms with Crippen LogP contribution in [0.25, 0.3) is 0 Å². The molecule has 1 aromatic rings. The Labute approximate surface area is 107 Å². The fourth-order valence-electron chi connectivity index (χ4n) is 2.77. The molecule has 98 valence electrons. The summed E-state index contributed by atoms with van der Waals surface area (Å²) in [6, 6.07) is 9.78. The third kappa shape index (κ3) is 2.26. The first-order valence-electron chi connectivity index (χ1n) is 6.29. The summed E-state index contributed by atoms with van der Waals surface area (Å²) in [6.07, 6.45) is 0.266. The van der Waals surface area contributed by atoms with Crippen LogP contribution < -0.4 is 0 Å². The fourth-order valence-corrected chi connectivity index (χ4v) is 2.77. The van der Waals surface area contributed by atoms with Gasteiger partial charge in [-0.3, -0.25) is 9.69 Å². The van der Waals surface area contributed by atoms with Gasteiger partial charge >= 0.3 is 5.97 Å². The van der Waals surface area contributed by atoms with Gasteiger partial charge in [-0.05, 0) is 12.0 Å². The van der Waals surface area contributed by atoms with Gasteiger partial charge in [0.2, 0.25) is 0 Å². The van der Waals surface area contributed by atoms with E-state index in [0.29, 0.717) is 25.9 Å². The quantitative estimate of drug-likeness (QED) is 0.848. The Kier molecular flexibility index (Phi) is 3.68. The molecule has 0 spiro atoms. The van der Waals surface area contributed by atoms with Gasteiger partial charge in [0.25, 0.3) is 0 Å². The molecule has 0 bridgehead atoms. The number of β-amino-alcohol motifs (C(OH)–C–C–N with tert-alkyl or cyclic N) is 1. The lowest BCUT2D eigenvalue weighted by Crippen LogP contribution is -2.49. The summed E-state index contributed by atoms with van der Waals surface area (Å²) >= 11 is 0. The van der Waals surface area contributed by atoms with Crippen molar-refractivity contribution in [1.82, 2.24) is 4.90 Å². The summed E-state index contributed by atoms with van der Waals surface area (Å²) in [5.74, 6) is -0.836. The highest BCUT2D eigenvalue weighted by molar-refractivity contribution is 5.79. The topological polar surface area (TPSA) is 60.8 Å². The van der Waals surface area contributed by atoms with Gasteiger partial charge in [-0.25, -0.2) is 0 Å². The van der Waals surface area contributed by atoms with E-state index >= 15 is 0 Å². The molecule has 18 heavy (non-hydrogen) atoms. The summed E-state index contributed by atoms with van der Waals surface area (Å²) in [4.78, 5) is 13.4. The molecule has 0 unspecified atom stereocenters. The van der Waals surface area contributed by atoms with E-state index < -0.39 is 17.6 Å². The Balaban J connectivity index is 2.22. The predicted molar refractivity (Wildman–Crippen MR) is 68.1 cm³/mol. The summed E-state index contributed by atoms with van der Waals surface area (Å²) < 4.78 is 0. The number of aliphatic hydroxyl groups is 1. The number of aliphatic carboxylic acids is 1. The molecule has 2 atom stereocenters. The largest absolute Gasteiger partial charge is 0.480 e. The number of hydrogen-bond donors (Lipinski definition) is 2. The first kappa shape index (κ1) is 13.1. The number of carboxylic acids is 1. The van der Waals surface area contributed by atoms with E-state index in [9.17, 15) is 15.0 Å². The Morgan fingerprint density at radius 2 is 2.11 bits per heavy atom. The van der Waals surface area contributed by atoms with Crippen LogP contribution in [0.2, 0.25) is 0 Å². The maximum atomic E-state index is 11.5. The van der Waals surface area contributed by atoms with Crippen molar-refractivity contribution in [2.45, 2.75) is 38.0 Å². The molecule has 1 aliphatic rings. The van der Waals surface area contributed by atoms with Crippen LogP contribution in [0.15, 0.2) is 30.3 Å². The molecular weight excluding hydrogens is 230 g/mol. The molecule has 2 rings (SSSR count). The number of hydrogen-bond acceptors (Lipinski definition) is 3. The van der Waals surface area contributed by atoms with Gasteiger partial charge in [0, 0.05) is 19.5 Å². The average Bonchev–Trinajstić information content (AvgIpc) is 2.68. The monoisotopic (exact) mass is 249 g/mol. The van der Waals surface area contributed by atoms with Gasteiger partial charge in [0.15, 0.2) is 0 Å². The molecule has 4 heteroatoms. The second kappa shape index (κ2) is 5.08. The van der Waals surface area contributed by atoms with E-state index in [1.165, 1.54) is 0 Å². The van der Waals surface area contributed by atoms with Crippen LogP contribution >= 0.6 is 0 Å². The molecule has 2 N–H and O–H groups in total. The van der Waals surface area contributed by atoms with E-state index in [-0.39, 0.29) is 0 Å². The van der Waals surface area contributed by atoms with Gasteiger partial charge < -0.3 is 10.2 Å². The van der Waals surface area contributed by atoms with Crippen molar-refractivity contribution in [3.63, 3.8) is 0 Å². The van der Waals surface area contributed by atoms with Gasteiger partial charge in [0.05, 0.1) is 6.10 Å². The van der Waals surface area contributed by atoms with Gasteiger partial charge in [-0.15, -0.1) is 0 Å². The van der Waals surface area contributed by atoms with Crippen molar-refractivity contribution in [2.24, 2.45) is 0 Å². The number of rotatable bonds is 4. The van der Waals surface area contributed by atoms with Gasteiger partial charge in [-0.2, -0.15) is 0 Å². The van der Waals surface area contributed by atoms with Crippen molar-refractivity contribution in [3.8, 4) is 0 Å². The minimum absolute atomic E-state index is 0.311. The molecule has 0 aromatic heterocycles. The van der Waals surface area contributed by atoms with E-state index in [4.69, 9.17) is 0 Å². The maximum Gasteiger partial charge on any atom is 0.324 e. The van der Waals surface area contributed by atoms with E-state index in [1.54, 1.807) is 0 Å². The lowest BCUT2D eigenvalue weighted by molar-refractivity contribution is -0.150. The number of carbonyl (C=O) groups is 1. The van der Waals surface area contributed by atoms with Gasteiger partial charge in [-0.1, -0.05) is 37.3 Å². The standard InChI is InChI=1S/C14H19NO3/c1-2-14(13(17)18)8-12(16)10-15(14)9-11-6-4-3-5-7-11/h3-7,12,16H,2,8-10H2,1H3,(H,17,18)/t12-,14-/m1/s1. The molecule has 0 radical (unpaired) electrons. The normalized spacial score (nSPS) is 28.4. The first-order chi connectivity index (χ1) is 8.58. The molecule has 4 nitrogen and oxygen atoms in total. The molecule has 1 heterocycles. The second-order valence-electron chi connectivity index (χ2n) is 4.91. The first-order valence-corrected chi connectivity index (χ1v) is 6.29. The third-order valence-corrected chi connectivity index (χ3v) is 3.81. The van der Waals surface area contributed by atoms with Crippen molar-refractivity contribution in [3.05, 3.63) is 35.9 Å². The Morgan fingerprint density at radius 3 is 2.67 bits per heavy atom. The minimum Gasteiger partial charge on any atom is -0.480 e. The van der Waals surface area contributed by atoms with Crippen LogP contribution in [0, 0.1) is 0 Å². The molecule has 1 saturated heterocycles. The number of likely N-dealkylation sites (tertiary alicyclic amines) is 1. The van der Waals surface area contributed by atoms with Gasteiger partial charge in [0.1, 0.15) is 5.54 Å². The Morgan fingerprint density at radius 1 is 1.44 bits per heavy atom. The molecular formula is C14H19NO3. The molecule has 1 aliphatic heterocycles. The van der Waals surface area contributed by atoms with E-state index in [2.05, 4.69) is 0 Å². The molecule has 1 fully saturated rings. The van der Waals surface area contributed by atoms with Crippen LogP contribution in [-0.2, 0) is 11.3 Å². The fraction of sp³-hybridized carbons (Fsp3) is 0.500. The number of carboxylic acid groups (broad SMARTS) is 1. The van der Waals surface area contributed by atoms with Crippen molar-refractivity contribution < 1.29 is 15.0 Å². The van der Waals surface area contributed by atoms with Crippen LogP contribution in [0.3, 0.4) is 0 Å². The molecule has 1 aromatic carbocycles. The summed E-state index contributed by atoms with van der Waals surface area (Å²) in [5.41, 5.74) is 0.153. The average molecular weight is 249 g/mol. The second-order valence-corrected chi connectivity index (χ2v) is 4.91. The smallest absolute Gasteiger partial charge is 0.324 e. The highest BCUT2D eigenvalue weighted by atomic mass is 16.4. The number of benzene rings is 1. The summed E-state index contributed by atoms with van der Waals surface area (Å²) in [6.45, 7) is 2.86. The summed E-state index contributed by atoms with van der Waals surface area (Å²) in [5, 5.41) is 19.3. The lowest BCUT2D eigenvalue weighted by Gasteiger charge is -2.33. The van der Waals surface area contributed by atoms with Crippen molar-refractivity contribution in [2.75, 3.05) is 6.54 Å². The Hall–Kier alpha value is -1.39. The zero-order valence-electron chi connectivity index (χ0n) is 10.5. The Bertz CT molecular complexity index is 420. The highest BCUT2D eigenvalue weighted by Gasteiger charge is 2.49. The van der Waals surface area contributed by atoms with Crippen LogP contribution in [0.1, 0.15) is 25.3 Å². The molecule has 0 saturated carbocycles. The number of aliphatic hydroxyl groups excluding tert-OH is 1. The molecule has 0 amide bonds. The zero-order valence-corrected chi connectivity index (χ0v) is 10.5.